The van der Waals surface area contributed by atoms with E-state index >= 15 is 0 Å². The molecule has 49 heavy (non-hydrogen) atoms. The Morgan fingerprint density at radius 1 is 0.531 bits per heavy atom. The first-order valence-corrected chi connectivity index (χ1v) is 20.0. The minimum Gasteiger partial charge on any atom is -0.460 e. The summed E-state index contributed by atoms with van der Waals surface area (Å²) in [6, 6.07) is 0. The van der Waals surface area contributed by atoms with Gasteiger partial charge in [-0.3, -0.25) is 14.4 Å². The van der Waals surface area contributed by atoms with Crippen molar-refractivity contribution in [2.24, 2.45) is 0 Å². The van der Waals surface area contributed by atoms with Crippen molar-refractivity contribution in [3.8, 4) is 0 Å². The highest BCUT2D eigenvalue weighted by Crippen LogP contribution is 2.12. The average Bonchev–Trinajstić information content (AvgIpc) is 3.08. The summed E-state index contributed by atoms with van der Waals surface area (Å²) in [5.74, 6) is -0.226. The number of nitrogens with one attached hydrogen (secondary N) is 2. The van der Waals surface area contributed by atoms with E-state index in [-0.39, 0.29) is 30.9 Å². The van der Waals surface area contributed by atoms with Crippen LogP contribution >= 0.6 is 0 Å². The summed E-state index contributed by atoms with van der Waals surface area (Å²) in [6.45, 7) is 12.6. The number of carbonyl (C=O) groups excluding carboxylic acids is 4. The fourth-order valence-electron chi connectivity index (χ4n) is 5.63. The van der Waals surface area contributed by atoms with E-state index in [4.69, 9.17) is 9.47 Å². The van der Waals surface area contributed by atoms with Gasteiger partial charge in [0.1, 0.15) is 6.61 Å². The van der Waals surface area contributed by atoms with Crippen molar-refractivity contribution in [2.45, 2.75) is 175 Å². The van der Waals surface area contributed by atoms with Gasteiger partial charge < -0.3 is 25.0 Å². The van der Waals surface area contributed by atoms with Crippen molar-refractivity contribution in [2.75, 3.05) is 46.0 Å². The topological polar surface area (TPSA) is 114 Å². The number of hydrogen-bond acceptors (Lipinski definition) is 6. The number of unbranched alkanes of at least 4 members (excludes halogenated alkanes) is 16. The second-order valence-corrected chi connectivity index (χ2v) is 13.6. The molecule has 3 amide bonds. The van der Waals surface area contributed by atoms with E-state index in [1.807, 2.05) is 4.90 Å². The van der Waals surface area contributed by atoms with E-state index in [9.17, 15) is 19.2 Å². The van der Waals surface area contributed by atoms with Crippen LogP contribution in [-0.2, 0) is 28.7 Å². The summed E-state index contributed by atoms with van der Waals surface area (Å²) in [6.07, 6.45) is 25.5. The van der Waals surface area contributed by atoms with E-state index in [1.165, 1.54) is 89.9 Å². The van der Waals surface area contributed by atoms with Crippen molar-refractivity contribution in [1.29, 1.82) is 0 Å². The Balaban J connectivity index is 4.34. The van der Waals surface area contributed by atoms with Gasteiger partial charge in [-0.1, -0.05) is 123 Å². The smallest absolute Gasteiger partial charge is 0.333 e. The minimum atomic E-state index is -0.436. The highest BCUT2D eigenvalue weighted by Gasteiger charge is 2.14. The van der Waals surface area contributed by atoms with Gasteiger partial charge in [-0.2, -0.15) is 0 Å². The lowest BCUT2D eigenvalue weighted by molar-refractivity contribution is -0.140. The lowest BCUT2D eigenvalue weighted by Gasteiger charge is -2.23. The summed E-state index contributed by atoms with van der Waals surface area (Å²) < 4.78 is 10.5. The molecule has 0 aromatic carbocycles. The zero-order valence-corrected chi connectivity index (χ0v) is 32.0. The van der Waals surface area contributed by atoms with Gasteiger partial charge in [-0.15, -0.1) is 0 Å². The van der Waals surface area contributed by atoms with Crippen molar-refractivity contribution in [1.82, 2.24) is 15.5 Å². The van der Waals surface area contributed by atoms with E-state index in [0.29, 0.717) is 76.9 Å². The molecule has 9 heteroatoms. The lowest BCUT2D eigenvalue weighted by atomic mass is 10.1. The molecule has 0 rings (SSSR count). The van der Waals surface area contributed by atoms with Crippen LogP contribution in [0, 0.1) is 0 Å². The minimum absolute atomic E-state index is 0.0411. The molecule has 0 unspecified atom stereocenters. The highest BCUT2D eigenvalue weighted by atomic mass is 16.6. The summed E-state index contributed by atoms with van der Waals surface area (Å²) in [5.41, 5.74) is 0.349. The third kappa shape index (κ3) is 32.5. The normalized spacial score (nSPS) is 10.9. The zero-order chi connectivity index (χ0) is 36.2. The molecule has 9 nitrogen and oxygen atoms in total. The van der Waals surface area contributed by atoms with Crippen LogP contribution in [0.3, 0.4) is 0 Å². The first-order chi connectivity index (χ1) is 23.8. The molecule has 0 aromatic rings. The molecule has 0 spiro atoms. The number of ether oxygens (including phenoxy) is 2. The lowest BCUT2D eigenvalue weighted by Crippen LogP contribution is -2.36. The first kappa shape index (κ1) is 46.6. The number of nitrogens with zero attached hydrogens (tertiary/aromatic N) is 1. The fraction of sp³-hybridized carbons (Fsp3) is 0.850. The number of hydrogen-bond donors (Lipinski definition) is 2. The summed E-state index contributed by atoms with van der Waals surface area (Å²) in [4.78, 5) is 51.0. The van der Waals surface area contributed by atoms with Crippen LogP contribution in [0.4, 0.5) is 0 Å². The molecule has 0 aliphatic carbocycles. The third-order valence-corrected chi connectivity index (χ3v) is 8.71. The predicted octanol–water partition coefficient (Wildman–Crippen LogP) is 8.59. The molecular formula is C40H75N3O6. The Labute approximate surface area is 300 Å². The largest absolute Gasteiger partial charge is 0.460 e. The molecule has 0 aliphatic heterocycles. The van der Waals surface area contributed by atoms with Crippen LogP contribution in [0.5, 0.6) is 0 Å². The molecule has 0 atom stereocenters. The van der Waals surface area contributed by atoms with Crippen molar-refractivity contribution >= 4 is 23.7 Å². The molecule has 0 radical (unpaired) electrons. The Kier molecular flexibility index (Phi) is 33.7. The third-order valence-electron chi connectivity index (χ3n) is 8.71. The van der Waals surface area contributed by atoms with Gasteiger partial charge in [-0.05, 0) is 39.0 Å². The predicted molar refractivity (Wildman–Crippen MR) is 201 cm³/mol. The molecule has 0 saturated heterocycles. The van der Waals surface area contributed by atoms with Crippen LogP contribution < -0.4 is 10.6 Å². The molecule has 0 saturated carbocycles. The zero-order valence-electron chi connectivity index (χ0n) is 32.0. The van der Waals surface area contributed by atoms with Gasteiger partial charge in [0.15, 0.2) is 0 Å². The van der Waals surface area contributed by atoms with E-state index in [1.54, 1.807) is 6.92 Å². The summed E-state index contributed by atoms with van der Waals surface area (Å²) in [7, 11) is 0. The van der Waals surface area contributed by atoms with Crippen LogP contribution in [0.1, 0.15) is 175 Å². The molecule has 0 aromatic heterocycles. The SMILES string of the molecule is C=C(C)C(=O)OCCOCCCC(=O)N(CCCNC(=O)CCCCCCCCCCC)CCCNC(=O)CCCCCCCCCCC. The molecule has 0 heterocycles. The Bertz CT molecular complexity index is 808. The molecular weight excluding hydrogens is 618 g/mol. The number of esters is 1. The standard InChI is InChI=1S/C40H75N3O6/c1-5-7-9-11-13-15-17-19-21-26-37(44)41-29-24-31-43(39(46)28-23-33-48-34-35-49-40(47)36(3)4)32-25-30-42-38(45)27-22-20-18-16-14-12-10-8-6-2/h3,5-35H2,1-2,4H3,(H,41,44)(H,42,45). The van der Waals surface area contributed by atoms with Gasteiger partial charge in [0, 0.05) is 57.6 Å². The maximum absolute atomic E-state index is 13.1. The monoisotopic (exact) mass is 694 g/mol. The molecule has 0 fully saturated rings. The van der Waals surface area contributed by atoms with Gasteiger partial charge in [-0.25, -0.2) is 4.79 Å². The molecule has 286 valence electrons. The molecule has 2 N–H and O–H groups in total. The highest BCUT2D eigenvalue weighted by molar-refractivity contribution is 5.86. The van der Waals surface area contributed by atoms with Crippen LogP contribution in [0.15, 0.2) is 12.2 Å². The first-order valence-electron chi connectivity index (χ1n) is 20.0. The van der Waals surface area contributed by atoms with Crippen molar-refractivity contribution in [3.05, 3.63) is 12.2 Å². The van der Waals surface area contributed by atoms with E-state index < -0.39 is 5.97 Å². The quantitative estimate of drug-likeness (QED) is 0.0386. The van der Waals surface area contributed by atoms with Crippen molar-refractivity contribution in [3.63, 3.8) is 0 Å². The van der Waals surface area contributed by atoms with E-state index in [0.717, 1.165) is 25.7 Å². The Morgan fingerprint density at radius 3 is 1.39 bits per heavy atom. The van der Waals surface area contributed by atoms with Crippen LogP contribution in [-0.4, -0.2) is 74.6 Å². The van der Waals surface area contributed by atoms with Crippen LogP contribution in [0.2, 0.25) is 0 Å². The summed E-state index contributed by atoms with van der Waals surface area (Å²) in [5, 5.41) is 6.04. The van der Waals surface area contributed by atoms with Gasteiger partial charge in [0.05, 0.1) is 6.61 Å². The Morgan fingerprint density at radius 2 is 0.959 bits per heavy atom. The average molecular weight is 694 g/mol. The second-order valence-electron chi connectivity index (χ2n) is 13.6. The number of carbonyl (C=O) groups is 4. The van der Waals surface area contributed by atoms with Gasteiger partial charge in [0.2, 0.25) is 17.7 Å². The molecule has 0 aliphatic rings. The second kappa shape index (κ2) is 35.4. The van der Waals surface area contributed by atoms with Gasteiger partial charge >= 0.3 is 5.97 Å². The van der Waals surface area contributed by atoms with Crippen molar-refractivity contribution < 1.29 is 28.7 Å². The summed E-state index contributed by atoms with van der Waals surface area (Å²) >= 11 is 0. The van der Waals surface area contributed by atoms with Gasteiger partial charge in [0.25, 0.3) is 0 Å². The fourth-order valence-corrected chi connectivity index (χ4v) is 5.63. The maximum Gasteiger partial charge on any atom is 0.333 e. The Hall–Kier alpha value is -2.42. The number of amides is 3. The maximum atomic E-state index is 13.1. The van der Waals surface area contributed by atoms with E-state index in [2.05, 4.69) is 31.1 Å². The number of rotatable bonds is 36. The van der Waals surface area contributed by atoms with Crippen LogP contribution in [0.25, 0.3) is 0 Å². The molecule has 0 bridgehead atoms.